The number of hydrogen-bond donors (Lipinski definition) is 2. The molecule has 1 atom stereocenters. The van der Waals surface area contributed by atoms with Gasteiger partial charge in [0.25, 0.3) is 11.8 Å². The lowest BCUT2D eigenvalue weighted by Crippen LogP contribution is -2.47. The zero-order valence-corrected chi connectivity index (χ0v) is 16.0. The molecule has 0 bridgehead atoms. The first-order chi connectivity index (χ1) is 14.6. The number of nitrogens with one attached hydrogen (secondary N) is 2. The molecule has 2 amide bonds. The lowest BCUT2D eigenvalue weighted by Gasteiger charge is -2.15. The molecule has 31 heavy (non-hydrogen) atoms. The Bertz CT molecular complexity index is 1060. The lowest BCUT2D eigenvalue weighted by molar-refractivity contribution is -0.141. The van der Waals surface area contributed by atoms with Crippen molar-refractivity contribution in [2.45, 2.75) is 19.2 Å². The van der Waals surface area contributed by atoms with Crippen molar-refractivity contribution in [3.8, 4) is 11.4 Å². The normalized spacial score (nSPS) is 12.2. The Labute approximate surface area is 173 Å². The average molecular weight is 436 g/mol. The topological polar surface area (TPSA) is 85.3 Å². The van der Waals surface area contributed by atoms with Crippen LogP contribution in [0.3, 0.4) is 0 Å². The molecule has 0 spiro atoms. The minimum Gasteiger partial charge on any atom is -0.481 e. The van der Waals surface area contributed by atoms with Gasteiger partial charge in [-0.25, -0.2) is 9.07 Å². The zero-order valence-electron chi connectivity index (χ0n) is 16.0. The maximum atomic E-state index is 12.9. The molecule has 0 aliphatic rings. The standard InChI is InChI=1S/C20H16F4N4O3/c1-12(31-16-8-4-14(21)5-9-16)18(29)25-26-19(30)13-2-6-15(7-3-13)28-11-10-17(27-28)20(22,23)24/h2-12H,1H3,(H,25,29)(H,26,30). The minimum absolute atomic E-state index is 0.152. The van der Waals surface area contributed by atoms with Gasteiger partial charge in [-0.2, -0.15) is 18.3 Å². The molecule has 7 nitrogen and oxygen atoms in total. The van der Waals surface area contributed by atoms with Crippen LogP contribution in [0.1, 0.15) is 23.0 Å². The molecular weight excluding hydrogens is 420 g/mol. The molecule has 2 N–H and O–H groups in total. The summed E-state index contributed by atoms with van der Waals surface area (Å²) in [7, 11) is 0. The SMILES string of the molecule is CC(Oc1ccc(F)cc1)C(=O)NNC(=O)c1ccc(-n2ccc(C(F)(F)F)n2)cc1. The summed E-state index contributed by atoms with van der Waals surface area (Å²) >= 11 is 0. The number of carbonyl (C=O) groups excluding carboxylic acids is 2. The molecule has 0 fully saturated rings. The first kappa shape index (κ1) is 21.8. The van der Waals surface area contributed by atoms with Crippen LogP contribution >= 0.6 is 0 Å². The van der Waals surface area contributed by atoms with Gasteiger partial charge < -0.3 is 4.74 Å². The Hall–Kier alpha value is -3.89. The highest BCUT2D eigenvalue weighted by atomic mass is 19.4. The van der Waals surface area contributed by atoms with Crippen molar-refractivity contribution in [2.75, 3.05) is 0 Å². The number of carbonyl (C=O) groups is 2. The Morgan fingerprint density at radius 1 is 1.00 bits per heavy atom. The third-order valence-electron chi connectivity index (χ3n) is 4.07. The van der Waals surface area contributed by atoms with E-state index in [4.69, 9.17) is 4.74 Å². The van der Waals surface area contributed by atoms with Crippen LogP contribution in [0.5, 0.6) is 5.75 Å². The van der Waals surface area contributed by atoms with Crippen molar-refractivity contribution < 1.29 is 31.9 Å². The summed E-state index contributed by atoms with van der Waals surface area (Å²) in [5.74, 6) is -1.47. The Morgan fingerprint density at radius 3 is 2.23 bits per heavy atom. The Kier molecular flexibility index (Phi) is 6.23. The zero-order chi connectivity index (χ0) is 22.6. The van der Waals surface area contributed by atoms with Gasteiger partial charge in [0, 0.05) is 11.8 Å². The van der Waals surface area contributed by atoms with Gasteiger partial charge in [0.05, 0.1) is 5.69 Å². The first-order valence-electron chi connectivity index (χ1n) is 8.89. The number of benzene rings is 2. The number of aromatic nitrogens is 2. The van der Waals surface area contributed by atoms with Crippen LogP contribution in [0.4, 0.5) is 17.6 Å². The highest BCUT2D eigenvalue weighted by Gasteiger charge is 2.33. The molecule has 3 rings (SSSR count). The third-order valence-corrected chi connectivity index (χ3v) is 4.07. The van der Waals surface area contributed by atoms with Crippen LogP contribution in [0, 0.1) is 5.82 Å². The molecule has 3 aromatic rings. The molecule has 162 valence electrons. The second-order valence-corrected chi connectivity index (χ2v) is 6.35. The third kappa shape index (κ3) is 5.59. The lowest BCUT2D eigenvalue weighted by atomic mass is 10.2. The largest absolute Gasteiger partial charge is 0.481 e. The van der Waals surface area contributed by atoms with E-state index in [0.29, 0.717) is 5.69 Å². The summed E-state index contributed by atoms with van der Waals surface area (Å²) in [6.45, 7) is 1.44. The molecule has 1 heterocycles. The van der Waals surface area contributed by atoms with Gasteiger partial charge in [0.1, 0.15) is 11.6 Å². The number of ether oxygens (including phenoxy) is 1. The van der Waals surface area contributed by atoms with Crippen LogP contribution in [0.15, 0.2) is 60.8 Å². The molecule has 0 saturated heterocycles. The van der Waals surface area contributed by atoms with Gasteiger partial charge >= 0.3 is 6.18 Å². The molecular formula is C20H16F4N4O3. The van der Waals surface area contributed by atoms with Gasteiger partial charge in [-0.05, 0) is 61.5 Å². The van der Waals surface area contributed by atoms with Crippen molar-refractivity contribution in [3.63, 3.8) is 0 Å². The number of hydrogen-bond acceptors (Lipinski definition) is 4. The van der Waals surface area contributed by atoms with Crippen LogP contribution in [-0.4, -0.2) is 27.7 Å². The van der Waals surface area contributed by atoms with Gasteiger partial charge in [-0.1, -0.05) is 0 Å². The van der Waals surface area contributed by atoms with Gasteiger partial charge in [-0.3, -0.25) is 20.4 Å². The minimum atomic E-state index is -4.55. The summed E-state index contributed by atoms with van der Waals surface area (Å²) in [5, 5.41) is 3.44. The van der Waals surface area contributed by atoms with Crippen molar-refractivity contribution in [1.29, 1.82) is 0 Å². The highest BCUT2D eigenvalue weighted by molar-refractivity contribution is 5.95. The second kappa shape index (κ2) is 8.86. The van der Waals surface area contributed by atoms with E-state index in [1.165, 1.54) is 55.5 Å². The van der Waals surface area contributed by atoms with Gasteiger partial charge in [0.15, 0.2) is 11.8 Å². The van der Waals surface area contributed by atoms with Crippen molar-refractivity contribution >= 4 is 11.8 Å². The maximum Gasteiger partial charge on any atom is 0.435 e. The first-order valence-corrected chi connectivity index (χ1v) is 8.89. The van der Waals surface area contributed by atoms with E-state index in [-0.39, 0.29) is 11.3 Å². The summed E-state index contributed by atoms with van der Waals surface area (Å²) in [6.07, 6.45) is -4.38. The van der Waals surface area contributed by atoms with Crippen molar-refractivity contribution in [2.24, 2.45) is 0 Å². The maximum absolute atomic E-state index is 12.9. The fraction of sp³-hybridized carbons (Fsp3) is 0.150. The molecule has 1 aromatic heterocycles. The molecule has 0 aliphatic carbocycles. The fourth-order valence-electron chi connectivity index (χ4n) is 2.45. The molecule has 0 saturated carbocycles. The van der Waals surface area contributed by atoms with Gasteiger partial charge in [-0.15, -0.1) is 0 Å². The quantitative estimate of drug-likeness (QED) is 0.475. The molecule has 11 heteroatoms. The number of halogens is 4. The number of hydrazine groups is 1. The molecule has 1 unspecified atom stereocenters. The van der Waals surface area contributed by atoms with Crippen LogP contribution < -0.4 is 15.6 Å². The Balaban J connectivity index is 1.55. The second-order valence-electron chi connectivity index (χ2n) is 6.35. The van der Waals surface area contributed by atoms with Crippen LogP contribution in [0.25, 0.3) is 5.69 Å². The number of alkyl halides is 3. The van der Waals surface area contributed by atoms with Gasteiger partial charge in [0.2, 0.25) is 0 Å². The average Bonchev–Trinajstić information content (AvgIpc) is 3.24. The number of nitrogens with zero attached hydrogens (tertiary/aromatic N) is 2. The van der Waals surface area contributed by atoms with E-state index in [9.17, 15) is 27.2 Å². The Morgan fingerprint density at radius 2 is 1.65 bits per heavy atom. The van der Waals surface area contributed by atoms with E-state index in [2.05, 4.69) is 16.0 Å². The predicted molar refractivity (Wildman–Crippen MR) is 101 cm³/mol. The number of amides is 2. The van der Waals surface area contributed by atoms with Crippen molar-refractivity contribution in [1.82, 2.24) is 20.6 Å². The fourth-order valence-corrected chi connectivity index (χ4v) is 2.45. The van der Waals surface area contributed by atoms with E-state index in [0.717, 1.165) is 16.9 Å². The predicted octanol–water partition coefficient (Wildman–Crippen LogP) is 3.26. The highest BCUT2D eigenvalue weighted by Crippen LogP contribution is 2.27. The summed E-state index contributed by atoms with van der Waals surface area (Å²) in [5.41, 5.74) is 3.84. The van der Waals surface area contributed by atoms with Crippen LogP contribution in [-0.2, 0) is 11.0 Å². The van der Waals surface area contributed by atoms with E-state index in [1.807, 2.05) is 0 Å². The van der Waals surface area contributed by atoms with Crippen LogP contribution in [0.2, 0.25) is 0 Å². The summed E-state index contributed by atoms with van der Waals surface area (Å²) < 4.78 is 57.2. The van der Waals surface area contributed by atoms with Crippen molar-refractivity contribution in [3.05, 3.63) is 77.9 Å². The smallest absolute Gasteiger partial charge is 0.435 e. The molecule has 0 radical (unpaired) electrons. The summed E-state index contributed by atoms with van der Waals surface area (Å²) in [6, 6.07) is 11.5. The van der Waals surface area contributed by atoms with E-state index < -0.39 is 35.6 Å². The monoisotopic (exact) mass is 436 g/mol. The van der Waals surface area contributed by atoms with E-state index >= 15 is 0 Å². The summed E-state index contributed by atoms with van der Waals surface area (Å²) in [4.78, 5) is 24.2. The van der Waals surface area contributed by atoms with E-state index in [1.54, 1.807) is 0 Å². The molecule has 2 aromatic carbocycles. The molecule has 0 aliphatic heterocycles. The number of rotatable bonds is 5.